The maximum atomic E-state index is 5.41. The molecule has 4 nitrogen and oxygen atoms in total. The fourth-order valence-electron chi connectivity index (χ4n) is 0.948. The molecule has 1 unspecified atom stereocenters. The fourth-order valence-corrected chi connectivity index (χ4v) is 0.948. The van der Waals surface area contributed by atoms with Crippen LogP contribution in [0.25, 0.3) is 0 Å². The Morgan fingerprint density at radius 1 is 1.58 bits per heavy atom. The van der Waals surface area contributed by atoms with Crippen molar-refractivity contribution >= 4 is 5.82 Å². The molecule has 0 saturated carbocycles. The monoisotopic (exact) mass is 166 g/mol. The van der Waals surface area contributed by atoms with Crippen molar-refractivity contribution in [2.45, 2.75) is 19.4 Å². The Morgan fingerprint density at radius 3 is 3.00 bits per heavy atom. The molecule has 0 saturated heterocycles. The first-order chi connectivity index (χ1) is 5.83. The lowest BCUT2D eigenvalue weighted by Crippen LogP contribution is -2.19. The summed E-state index contributed by atoms with van der Waals surface area (Å²) in [6.07, 6.45) is 5.96. The first-order valence-corrected chi connectivity index (χ1v) is 4.05. The highest BCUT2D eigenvalue weighted by atomic mass is 15.0. The van der Waals surface area contributed by atoms with E-state index >= 15 is 0 Å². The standard InChI is InChI=1S/C8H14N4/c1-7(2-3-9)12-8-6-10-4-5-11-8/h4-7H,2-3,9H2,1H3,(H,11,12). The number of nitrogens with zero attached hydrogens (tertiary/aromatic N) is 2. The average Bonchev–Trinajstić information content (AvgIpc) is 2.06. The van der Waals surface area contributed by atoms with Crippen LogP contribution < -0.4 is 11.1 Å². The van der Waals surface area contributed by atoms with Crippen LogP contribution in [-0.2, 0) is 0 Å². The Bertz CT molecular complexity index is 212. The number of hydrogen-bond donors (Lipinski definition) is 2. The smallest absolute Gasteiger partial charge is 0.144 e. The first kappa shape index (κ1) is 8.93. The molecule has 0 fully saturated rings. The normalized spacial score (nSPS) is 12.5. The molecule has 0 bridgehead atoms. The van der Waals surface area contributed by atoms with Gasteiger partial charge in [-0.1, -0.05) is 0 Å². The minimum Gasteiger partial charge on any atom is -0.366 e. The Balaban J connectivity index is 2.41. The third-order valence-corrected chi connectivity index (χ3v) is 1.56. The molecular weight excluding hydrogens is 152 g/mol. The molecule has 66 valence electrons. The van der Waals surface area contributed by atoms with Gasteiger partial charge in [-0.15, -0.1) is 0 Å². The Kier molecular flexibility index (Phi) is 3.47. The number of rotatable bonds is 4. The molecule has 1 aromatic rings. The summed E-state index contributed by atoms with van der Waals surface area (Å²) >= 11 is 0. The summed E-state index contributed by atoms with van der Waals surface area (Å²) in [7, 11) is 0. The van der Waals surface area contributed by atoms with Crippen LogP contribution in [0, 0.1) is 0 Å². The van der Waals surface area contributed by atoms with Crippen molar-refractivity contribution in [2.24, 2.45) is 5.73 Å². The van der Waals surface area contributed by atoms with Gasteiger partial charge in [0.15, 0.2) is 0 Å². The molecule has 0 spiro atoms. The van der Waals surface area contributed by atoms with E-state index in [4.69, 9.17) is 5.73 Å². The van der Waals surface area contributed by atoms with Crippen LogP contribution in [0.2, 0.25) is 0 Å². The second kappa shape index (κ2) is 4.66. The molecule has 0 aliphatic heterocycles. The number of nitrogens with two attached hydrogens (primary N) is 1. The zero-order valence-corrected chi connectivity index (χ0v) is 7.20. The summed E-state index contributed by atoms with van der Waals surface area (Å²) < 4.78 is 0. The molecule has 0 radical (unpaired) electrons. The van der Waals surface area contributed by atoms with Crippen molar-refractivity contribution < 1.29 is 0 Å². The van der Waals surface area contributed by atoms with E-state index in [-0.39, 0.29) is 0 Å². The molecule has 3 N–H and O–H groups in total. The SMILES string of the molecule is CC(CCN)Nc1cnccn1. The van der Waals surface area contributed by atoms with Crippen LogP contribution in [0.3, 0.4) is 0 Å². The maximum absolute atomic E-state index is 5.41. The van der Waals surface area contributed by atoms with Crippen molar-refractivity contribution in [1.29, 1.82) is 0 Å². The van der Waals surface area contributed by atoms with E-state index in [9.17, 15) is 0 Å². The van der Waals surface area contributed by atoms with E-state index in [0.717, 1.165) is 12.2 Å². The summed E-state index contributed by atoms with van der Waals surface area (Å²) in [5.74, 6) is 0.804. The average molecular weight is 166 g/mol. The Hall–Kier alpha value is -1.16. The largest absolute Gasteiger partial charge is 0.366 e. The highest BCUT2D eigenvalue weighted by Gasteiger charge is 1.99. The molecule has 1 atom stereocenters. The maximum Gasteiger partial charge on any atom is 0.144 e. The minimum absolute atomic E-state index is 0.353. The van der Waals surface area contributed by atoms with Crippen LogP contribution >= 0.6 is 0 Å². The molecular formula is C8H14N4. The van der Waals surface area contributed by atoms with Crippen LogP contribution in [-0.4, -0.2) is 22.6 Å². The van der Waals surface area contributed by atoms with E-state index in [2.05, 4.69) is 22.2 Å². The number of anilines is 1. The van der Waals surface area contributed by atoms with Gasteiger partial charge in [0.1, 0.15) is 5.82 Å². The zero-order valence-electron chi connectivity index (χ0n) is 7.20. The number of aromatic nitrogens is 2. The Labute approximate surface area is 72.2 Å². The van der Waals surface area contributed by atoms with Gasteiger partial charge in [-0.05, 0) is 19.9 Å². The molecule has 1 rings (SSSR count). The third-order valence-electron chi connectivity index (χ3n) is 1.56. The first-order valence-electron chi connectivity index (χ1n) is 4.05. The van der Waals surface area contributed by atoms with E-state index in [1.54, 1.807) is 18.6 Å². The second-order valence-corrected chi connectivity index (χ2v) is 2.71. The highest BCUT2D eigenvalue weighted by molar-refractivity contribution is 5.30. The van der Waals surface area contributed by atoms with Gasteiger partial charge in [-0.25, -0.2) is 4.98 Å². The summed E-state index contributed by atoms with van der Waals surface area (Å²) in [6, 6.07) is 0.353. The molecule has 0 amide bonds. The van der Waals surface area contributed by atoms with Crippen molar-refractivity contribution in [3.8, 4) is 0 Å². The van der Waals surface area contributed by atoms with E-state index in [1.165, 1.54) is 0 Å². The lowest BCUT2D eigenvalue weighted by molar-refractivity contribution is 0.713. The van der Waals surface area contributed by atoms with Gasteiger partial charge in [-0.2, -0.15) is 0 Å². The third kappa shape index (κ3) is 2.84. The molecule has 0 aliphatic carbocycles. The van der Waals surface area contributed by atoms with E-state index in [0.29, 0.717) is 12.6 Å². The lowest BCUT2D eigenvalue weighted by Gasteiger charge is -2.11. The molecule has 0 aliphatic rings. The van der Waals surface area contributed by atoms with Gasteiger partial charge in [-0.3, -0.25) is 4.98 Å². The van der Waals surface area contributed by atoms with Crippen LogP contribution in [0.1, 0.15) is 13.3 Å². The van der Waals surface area contributed by atoms with Crippen molar-refractivity contribution in [3.63, 3.8) is 0 Å². The predicted octanol–water partition coefficient (Wildman–Crippen LogP) is 0.626. The molecule has 1 heterocycles. The zero-order chi connectivity index (χ0) is 8.81. The summed E-state index contributed by atoms with van der Waals surface area (Å²) in [5, 5.41) is 3.19. The number of hydrogen-bond acceptors (Lipinski definition) is 4. The van der Waals surface area contributed by atoms with Crippen molar-refractivity contribution in [2.75, 3.05) is 11.9 Å². The topological polar surface area (TPSA) is 63.8 Å². The van der Waals surface area contributed by atoms with Crippen molar-refractivity contribution in [3.05, 3.63) is 18.6 Å². The van der Waals surface area contributed by atoms with Gasteiger partial charge in [0.2, 0.25) is 0 Å². The van der Waals surface area contributed by atoms with Gasteiger partial charge in [0.05, 0.1) is 6.20 Å². The van der Waals surface area contributed by atoms with Crippen LogP contribution in [0.5, 0.6) is 0 Å². The highest BCUT2D eigenvalue weighted by Crippen LogP contribution is 2.01. The number of nitrogens with one attached hydrogen (secondary N) is 1. The second-order valence-electron chi connectivity index (χ2n) is 2.71. The van der Waals surface area contributed by atoms with Gasteiger partial charge < -0.3 is 11.1 Å². The minimum atomic E-state index is 0.353. The van der Waals surface area contributed by atoms with Gasteiger partial charge in [0, 0.05) is 18.4 Å². The van der Waals surface area contributed by atoms with E-state index in [1.807, 2.05) is 0 Å². The van der Waals surface area contributed by atoms with Gasteiger partial charge in [0.25, 0.3) is 0 Å². The summed E-state index contributed by atoms with van der Waals surface area (Å²) in [6.45, 7) is 2.76. The molecule has 4 heteroatoms. The molecule has 12 heavy (non-hydrogen) atoms. The van der Waals surface area contributed by atoms with Gasteiger partial charge >= 0.3 is 0 Å². The predicted molar refractivity (Wildman–Crippen MR) is 48.8 cm³/mol. The van der Waals surface area contributed by atoms with E-state index < -0.39 is 0 Å². The lowest BCUT2D eigenvalue weighted by atomic mass is 10.2. The summed E-state index contributed by atoms with van der Waals surface area (Å²) in [4.78, 5) is 8.03. The van der Waals surface area contributed by atoms with Crippen LogP contribution in [0.4, 0.5) is 5.82 Å². The summed E-state index contributed by atoms with van der Waals surface area (Å²) in [5.41, 5.74) is 5.41. The fraction of sp³-hybridized carbons (Fsp3) is 0.500. The molecule has 0 aromatic carbocycles. The Morgan fingerprint density at radius 2 is 2.42 bits per heavy atom. The molecule has 1 aromatic heterocycles. The quantitative estimate of drug-likeness (QED) is 0.688. The van der Waals surface area contributed by atoms with Crippen molar-refractivity contribution in [1.82, 2.24) is 9.97 Å². The van der Waals surface area contributed by atoms with Crippen LogP contribution in [0.15, 0.2) is 18.6 Å².